The average Bonchev–Trinajstić information content (AvgIpc) is 3.15. The van der Waals surface area contributed by atoms with E-state index in [4.69, 9.17) is 4.74 Å². The number of carbonyl (C=O) groups is 2. The SMILES string of the molecule is CCCCCCC1(C(=O)O)C(C)NC(C)C(CCOCCN2CCC(c3ccccc3)(c3ccccc3)CC2)(C(=O)O)[C@@H]1c1cccc([N+](=O)[O-])c1. The number of rotatable bonds is 17. The Morgan fingerprint density at radius 3 is 1.94 bits per heavy atom. The number of hydrogen-bond donors (Lipinski definition) is 3. The van der Waals surface area contributed by atoms with Crippen LogP contribution >= 0.6 is 0 Å². The lowest BCUT2D eigenvalue weighted by Gasteiger charge is -2.57. The normalized spacial score (nSPS) is 26.1. The molecule has 3 aromatic rings. The molecule has 2 fully saturated rings. The maximum atomic E-state index is 13.7. The van der Waals surface area contributed by atoms with Crippen LogP contribution in [0.4, 0.5) is 5.69 Å². The number of nitro groups is 1. The summed E-state index contributed by atoms with van der Waals surface area (Å²) < 4.78 is 6.21. The summed E-state index contributed by atoms with van der Waals surface area (Å²) in [6.07, 6.45) is 5.53. The quantitative estimate of drug-likeness (QED) is 0.0730. The van der Waals surface area contributed by atoms with Crippen molar-refractivity contribution in [2.45, 2.75) is 95.6 Å². The summed E-state index contributed by atoms with van der Waals surface area (Å²) in [6.45, 7) is 8.65. The summed E-state index contributed by atoms with van der Waals surface area (Å²) in [4.78, 5) is 41.0. The molecule has 0 amide bonds. The molecule has 0 aliphatic carbocycles. The topological polar surface area (TPSA) is 142 Å². The van der Waals surface area contributed by atoms with Gasteiger partial charge in [0, 0.05) is 48.7 Å². The minimum absolute atomic E-state index is 0.0473. The molecule has 4 unspecified atom stereocenters. The first-order valence-electron chi connectivity index (χ1n) is 18.9. The van der Waals surface area contributed by atoms with Crippen LogP contribution in [0.3, 0.4) is 0 Å². The van der Waals surface area contributed by atoms with Crippen molar-refractivity contribution < 1.29 is 29.5 Å². The third kappa shape index (κ3) is 7.65. The number of nitro benzene ring substituents is 1. The highest BCUT2D eigenvalue weighted by molar-refractivity contribution is 5.84. The van der Waals surface area contributed by atoms with Crippen molar-refractivity contribution in [3.05, 3.63) is 112 Å². The summed E-state index contributed by atoms with van der Waals surface area (Å²) in [5.74, 6) is -3.27. The lowest BCUT2D eigenvalue weighted by atomic mass is 9.49. The molecule has 2 aliphatic rings. The van der Waals surface area contributed by atoms with E-state index in [1.807, 2.05) is 0 Å². The van der Waals surface area contributed by atoms with E-state index in [2.05, 4.69) is 77.8 Å². The highest BCUT2D eigenvalue weighted by Crippen LogP contribution is 2.59. The van der Waals surface area contributed by atoms with Gasteiger partial charge in [0.05, 0.1) is 22.4 Å². The molecule has 0 saturated carbocycles. The average molecular weight is 714 g/mol. The van der Waals surface area contributed by atoms with Crippen LogP contribution in [-0.4, -0.2) is 76.9 Å². The molecule has 52 heavy (non-hydrogen) atoms. The third-order valence-corrected chi connectivity index (χ3v) is 12.3. The minimum Gasteiger partial charge on any atom is -0.481 e. The lowest BCUT2D eigenvalue weighted by molar-refractivity contribution is -0.385. The first-order valence-corrected chi connectivity index (χ1v) is 18.9. The van der Waals surface area contributed by atoms with Crippen LogP contribution in [0.15, 0.2) is 84.9 Å². The summed E-state index contributed by atoms with van der Waals surface area (Å²) in [5, 5.41) is 37.5. The zero-order valence-corrected chi connectivity index (χ0v) is 30.8. The van der Waals surface area contributed by atoms with Gasteiger partial charge in [0.25, 0.3) is 5.69 Å². The van der Waals surface area contributed by atoms with Crippen LogP contribution in [-0.2, 0) is 19.7 Å². The van der Waals surface area contributed by atoms with Crippen LogP contribution in [0, 0.1) is 20.9 Å². The number of nitrogens with one attached hydrogen (secondary N) is 1. The highest BCUT2D eigenvalue weighted by atomic mass is 16.6. The van der Waals surface area contributed by atoms with E-state index in [1.165, 1.54) is 29.3 Å². The first-order chi connectivity index (χ1) is 25.0. The van der Waals surface area contributed by atoms with E-state index in [9.17, 15) is 29.9 Å². The van der Waals surface area contributed by atoms with E-state index >= 15 is 0 Å². The standard InChI is InChI=1S/C42H55N3O7/c1-4-5-6-13-21-41(38(46)47)31(2)43-32(3)42(39(48)49,37(41)33-15-14-20-36(30-33)45(50)51)24-28-52-29-27-44-25-22-40(23-26-44,34-16-9-7-10-17-34)35-18-11-8-12-19-35/h7-12,14-20,30-32,37,43H,4-6,13,21-29H2,1-3H3,(H,46,47)(H,48,49)/t31?,32?,37-,41?,42?/m1/s1. The van der Waals surface area contributed by atoms with Gasteiger partial charge in [-0.1, -0.05) is 105 Å². The second-order valence-corrected chi connectivity index (χ2v) is 14.9. The Hall–Kier alpha value is -4.12. The Labute approximate surface area is 307 Å². The van der Waals surface area contributed by atoms with Gasteiger partial charge in [-0.3, -0.25) is 19.7 Å². The molecule has 3 N–H and O–H groups in total. The summed E-state index contributed by atoms with van der Waals surface area (Å²) in [7, 11) is 0. The highest BCUT2D eigenvalue weighted by Gasteiger charge is 2.66. The van der Waals surface area contributed by atoms with Gasteiger partial charge in [-0.15, -0.1) is 0 Å². The van der Waals surface area contributed by atoms with Crippen LogP contribution in [0.5, 0.6) is 0 Å². The molecular weight excluding hydrogens is 658 g/mol. The molecule has 10 heteroatoms. The molecule has 3 aromatic carbocycles. The molecule has 0 bridgehead atoms. The largest absolute Gasteiger partial charge is 0.481 e. The molecule has 0 spiro atoms. The number of unbranched alkanes of at least 4 members (excludes halogenated alkanes) is 3. The lowest BCUT2D eigenvalue weighted by Crippen LogP contribution is -2.69. The van der Waals surface area contributed by atoms with Crippen molar-refractivity contribution in [2.75, 3.05) is 32.8 Å². The Balaban J connectivity index is 1.35. The van der Waals surface area contributed by atoms with E-state index in [0.29, 0.717) is 25.1 Å². The van der Waals surface area contributed by atoms with Crippen molar-refractivity contribution in [2.24, 2.45) is 10.8 Å². The molecule has 5 atom stereocenters. The fraction of sp³-hybridized carbons (Fsp3) is 0.524. The van der Waals surface area contributed by atoms with Crippen LogP contribution < -0.4 is 5.32 Å². The zero-order valence-electron chi connectivity index (χ0n) is 30.8. The summed E-state index contributed by atoms with van der Waals surface area (Å²) >= 11 is 0. The molecule has 2 saturated heterocycles. The maximum absolute atomic E-state index is 13.7. The smallest absolute Gasteiger partial charge is 0.311 e. The van der Waals surface area contributed by atoms with Gasteiger partial charge in [0.1, 0.15) is 0 Å². The fourth-order valence-electron chi connectivity index (χ4n) is 9.40. The van der Waals surface area contributed by atoms with Gasteiger partial charge in [0.2, 0.25) is 0 Å². The zero-order chi connectivity index (χ0) is 37.4. The molecule has 2 heterocycles. The van der Waals surface area contributed by atoms with Gasteiger partial charge >= 0.3 is 11.9 Å². The van der Waals surface area contributed by atoms with E-state index < -0.39 is 45.7 Å². The Morgan fingerprint density at radius 2 is 1.40 bits per heavy atom. The third-order valence-electron chi connectivity index (χ3n) is 12.3. The number of nitrogens with zero attached hydrogens (tertiary/aromatic N) is 2. The second kappa shape index (κ2) is 17.1. The number of benzene rings is 3. The number of hydrogen-bond acceptors (Lipinski definition) is 7. The van der Waals surface area contributed by atoms with Crippen molar-refractivity contribution in [3.8, 4) is 0 Å². The molecule has 2 aliphatic heterocycles. The van der Waals surface area contributed by atoms with Crippen LogP contribution in [0.2, 0.25) is 0 Å². The molecule has 5 rings (SSSR count). The van der Waals surface area contributed by atoms with Crippen molar-refractivity contribution in [1.29, 1.82) is 0 Å². The minimum atomic E-state index is -1.61. The van der Waals surface area contributed by atoms with Crippen molar-refractivity contribution in [1.82, 2.24) is 10.2 Å². The van der Waals surface area contributed by atoms with Gasteiger partial charge < -0.3 is 25.2 Å². The molecule has 0 aromatic heterocycles. The molecule has 10 nitrogen and oxygen atoms in total. The monoisotopic (exact) mass is 713 g/mol. The number of carboxylic acid groups (broad SMARTS) is 2. The Kier molecular flexibility index (Phi) is 12.9. The number of non-ortho nitro benzene ring substituents is 1. The predicted octanol–water partition coefficient (Wildman–Crippen LogP) is 7.66. The first kappa shape index (κ1) is 39.1. The van der Waals surface area contributed by atoms with Gasteiger partial charge in [0.15, 0.2) is 0 Å². The second-order valence-electron chi connectivity index (χ2n) is 14.9. The molecule has 0 radical (unpaired) electrons. The fourth-order valence-corrected chi connectivity index (χ4v) is 9.40. The van der Waals surface area contributed by atoms with Gasteiger partial charge in [-0.05, 0) is 69.3 Å². The Bertz CT molecular complexity index is 1600. The van der Waals surface area contributed by atoms with E-state index in [-0.39, 0.29) is 30.6 Å². The number of piperidine rings is 2. The van der Waals surface area contributed by atoms with Crippen molar-refractivity contribution >= 4 is 17.6 Å². The van der Waals surface area contributed by atoms with E-state index in [1.54, 1.807) is 19.9 Å². The van der Waals surface area contributed by atoms with Gasteiger partial charge in [-0.2, -0.15) is 0 Å². The summed E-state index contributed by atoms with van der Waals surface area (Å²) in [5.41, 5.74) is -0.384. The van der Waals surface area contributed by atoms with E-state index in [0.717, 1.165) is 45.2 Å². The maximum Gasteiger partial charge on any atom is 0.311 e. The summed E-state index contributed by atoms with van der Waals surface area (Å²) in [6, 6.07) is 26.1. The predicted molar refractivity (Wildman–Crippen MR) is 202 cm³/mol. The van der Waals surface area contributed by atoms with Crippen LogP contribution in [0.1, 0.15) is 94.7 Å². The van der Waals surface area contributed by atoms with Gasteiger partial charge in [-0.25, -0.2) is 0 Å². The Morgan fingerprint density at radius 1 is 0.827 bits per heavy atom. The number of ether oxygens (including phenoxy) is 1. The molecule has 280 valence electrons. The van der Waals surface area contributed by atoms with Crippen LogP contribution in [0.25, 0.3) is 0 Å². The number of carboxylic acids is 2. The van der Waals surface area contributed by atoms with Crippen molar-refractivity contribution in [3.63, 3.8) is 0 Å². The number of likely N-dealkylation sites (tertiary alicyclic amines) is 1. The molecular formula is C42H55N3O7. The number of aliphatic carboxylic acids is 2.